The predicted molar refractivity (Wildman–Crippen MR) is 130 cm³/mol. The van der Waals surface area contributed by atoms with Crippen LogP contribution in [0.15, 0.2) is 24.3 Å². The van der Waals surface area contributed by atoms with Gasteiger partial charge >= 0.3 is 0 Å². The van der Waals surface area contributed by atoms with Crippen LogP contribution < -0.4 is 16.0 Å². The van der Waals surface area contributed by atoms with Crippen LogP contribution in [0.2, 0.25) is 0 Å². The Balaban J connectivity index is 1.65. The highest BCUT2D eigenvalue weighted by Crippen LogP contribution is 2.19. The largest absolute Gasteiger partial charge is 0.463 e. The molecule has 1 aromatic rings. The number of benzene rings is 1. The number of likely N-dealkylation sites (tertiary alicyclic amines) is 1. The number of amides is 5. The van der Waals surface area contributed by atoms with Crippen LogP contribution in [0.3, 0.4) is 0 Å². The zero-order chi connectivity index (χ0) is 27.5. The van der Waals surface area contributed by atoms with Crippen molar-refractivity contribution in [3.8, 4) is 0 Å². The van der Waals surface area contributed by atoms with Crippen LogP contribution in [0.4, 0.5) is 5.69 Å². The van der Waals surface area contributed by atoms with Crippen LogP contribution in [0, 0.1) is 5.92 Å². The van der Waals surface area contributed by atoms with E-state index in [1.165, 1.54) is 18.7 Å². The minimum absolute atomic E-state index is 0.0490. The molecule has 11 nitrogen and oxygen atoms in total. The second kappa shape index (κ2) is 14.0. The number of imide groups is 1. The first-order chi connectivity index (χ1) is 17.5. The highest BCUT2D eigenvalue weighted by molar-refractivity contribution is 6.03. The van der Waals surface area contributed by atoms with Crippen molar-refractivity contribution < 1.29 is 34.9 Å². The molecule has 1 fully saturated rings. The molecule has 1 saturated heterocycles. The van der Waals surface area contributed by atoms with Crippen molar-refractivity contribution >= 4 is 41.7 Å². The van der Waals surface area contributed by atoms with Gasteiger partial charge in [-0.15, -0.1) is 0 Å². The summed E-state index contributed by atoms with van der Waals surface area (Å²) >= 11 is 0. The second-order valence-corrected chi connectivity index (χ2v) is 8.88. The van der Waals surface area contributed by atoms with E-state index in [-0.39, 0.29) is 43.1 Å². The first kappa shape index (κ1) is 26.8. The summed E-state index contributed by atoms with van der Waals surface area (Å²) in [4.78, 5) is 72.5. The lowest BCUT2D eigenvalue weighted by Gasteiger charge is -2.18. The minimum Gasteiger partial charge on any atom is -0.463 e. The normalized spacial score (nSPS) is 17.1. The van der Waals surface area contributed by atoms with Crippen LogP contribution in [0.5, 0.6) is 0 Å². The van der Waals surface area contributed by atoms with Crippen LogP contribution >= 0.6 is 0 Å². The molecule has 196 valence electrons. The Bertz CT molecular complexity index is 1010. The van der Waals surface area contributed by atoms with E-state index in [4.69, 9.17) is 1.37 Å². The average Bonchev–Trinajstić information content (AvgIpc) is 3.08. The van der Waals surface area contributed by atoms with Gasteiger partial charge in [0.25, 0.3) is 6.45 Å². The number of ether oxygens (including phenoxy) is 1. The van der Waals surface area contributed by atoms with E-state index in [2.05, 4.69) is 20.7 Å². The van der Waals surface area contributed by atoms with E-state index in [0.29, 0.717) is 37.1 Å². The molecule has 5 amide bonds. The summed E-state index contributed by atoms with van der Waals surface area (Å²) in [6.45, 7) is 5.08. The zero-order valence-corrected chi connectivity index (χ0v) is 20.8. The van der Waals surface area contributed by atoms with Crippen LogP contribution in [0.25, 0.3) is 0 Å². The molecular formula is C25H34N4O7. The van der Waals surface area contributed by atoms with Gasteiger partial charge in [-0.2, -0.15) is 0 Å². The van der Waals surface area contributed by atoms with Gasteiger partial charge in [-0.1, -0.05) is 25.5 Å². The standard InChI is InChI=1S/C25H34N4O7/c1-16-13-22(32)29(25(16)35)12-6-4-5-7-21(31)26-17(2)23(33)27-18(3)24(34)28-20-10-8-19(9-11-20)14-36-15-30/h8-11,15-18H,4-7,12-14H2,1-3H3,(H,26,31)(H,27,33)(H,28,34)/i15D. The van der Waals surface area contributed by atoms with E-state index >= 15 is 0 Å². The van der Waals surface area contributed by atoms with Gasteiger partial charge in [0.05, 0.1) is 0 Å². The smallest absolute Gasteiger partial charge is 0.293 e. The zero-order valence-electron chi connectivity index (χ0n) is 21.8. The first-order valence-corrected chi connectivity index (χ1v) is 11.9. The molecule has 1 aliphatic rings. The Morgan fingerprint density at radius 2 is 1.75 bits per heavy atom. The number of nitrogens with one attached hydrogen (secondary N) is 3. The lowest BCUT2D eigenvalue weighted by atomic mass is 10.1. The maximum absolute atomic E-state index is 12.4. The Kier molecular flexibility index (Phi) is 10.4. The van der Waals surface area contributed by atoms with Crippen molar-refractivity contribution in [2.75, 3.05) is 11.9 Å². The van der Waals surface area contributed by atoms with E-state index in [1.807, 2.05) is 0 Å². The molecular weight excluding hydrogens is 468 g/mol. The van der Waals surface area contributed by atoms with Gasteiger partial charge in [-0.05, 0) is 44.4 Å². The molecule has 0 radical (unpaired) electrons. The number of anilines is 1. The lowest BCUT2D eigenvalue weighted by Crippen LogP contribution is -2.50. The third-order valence-electron chi connectivity index (χ3n) is 5.80. The molecule has 1 heterocycles. The molecule has 0 aliphatic carbocycles. The Morgan fingerprint density at radius 1 is 1.08 bits per heavy atom. The molecule has 1 aromatic carbocycles. The topological polar surface area (TPSA) is 151 Å². The summed E-state index contributed by atoms with van der Waals surface area (Å²) in [5, 5.41) is 7.81. The SMILES string of the molecule is [2H]C(=O)OCc1ccc(NC(=O)C(C)NC(=O)C(C)NC(=O)CCCCCN2C(=O)CC(C)C2=O)cc1. The number of hydrogen-bond acceptors (Lipinski definition) is 7. The van der Waals surface area contributed by atoms with Crippen LogP contribution in [-0.4, -0.2) is 59.5 Å². The molecule has 2 rings (SSSR count). The van der Waals surface area contributed by atoms with E-state index in [1.54, 1.807) is 31.2 Å². The number of carbonyl (C=O) groups is 6. The lowest BCUT2D eigenvalue weighted by molar-refractivity contribution is -0.139. The highest BCUT2D eigenvalue weighted by atomic mass is 16.5. The summed E-state index contributed by atoms with van der Waals surface area (Å²) in [6, 6.07) is 4.75. The van der Waals surface area contributed by atoms with Crippen molar-refractivity contribution in [1.82, 2.24) is 15.5 Å². The third-order valence-corrected chi connectivity index (χ3v) is 5.80. The summed E-state index contributed by atoms with van der Waals surface area (Å²) in [5.41, 5.74) is 1.12. The molecule has 0 aromatic heterocycles. The van der Waals surface area contributed by atoms with Crippen molar-refractivity contribution in [2.24, 2.45) is 5.92 Å². The van der Waals surface area contributed by atoms with Gasteiger partial charge in [0, 0.05) is 31.0 Å². The molecule has 3 unspecified atom stereocenters. The Hall–Kier alpha value is -3.76. The number of unbranched alkanes of at least 4 members (excludes halogenated alkanes) is 2. The van der Waals surface area contributed by atoms with Gasteiger partial charge in [-0.3, -0.25) is 33.7 Å². The predicted octanol–water partition coefficient (Wildman–Crippen LogP) is 1.26. The summed E-state index contributed by atoms with van der Waals surface area (Å²) in [6.07, 6.45) is 1.14. The molecule has 1 aliphatic heterocycles. The minimum atomic E-state index is -1.13. The molecule has 0 saturated carbocycles. The Morgan fingerprint density at radius 3 is 2.36 bits per heavy atom. The molecule has 36 heavy (non-hydrogen) atoms. The highest BCUT2D eigenvalue weighted by Gasteiger charge is 2.34. The van der Waals surface area contributed by atoms with E-state index in [0.717, 1.165) is 0 Å². The number of nitrogens with zero attached hydrogens (tertiary/aromatic N) is 1. The fraction of sp³-hybridized carbons (Fsp3) is 0.520. The number of carbonyl (C=O) groups excluding carboxylic acids is 6. The van der Waals surface area contributed by atoms with Gasteiger partial charge in [-0.25, -0.2) is 0 Å². The molecule has 0 spiro atoms. The molecule has 3 N–H and O–H groups in total. The van der Waals surface area contributed by atoms with Gasteiger partial charge < -0.3 is 20.7 Å². The fourth-order valence-corrected chi connectivity index (χ4v) is 3.65. The van der Waals surface area contributed by atoms with Gasteiger partial charge in [0.2, 0.25) is 29.5 Å². The van der Waals surface area contributed by atoms with Crippen LogP contribution in [-0.2, 0) is 40.1 Å². The quantitative estimate of drug-likeness (QED) is 0.208. The maximum atomic E-state index is 12.4. The first-order valence-electron chi connectivity index (χ1n) is 12.4. The number of hydrogen-bond donors (Lipinski definition) is 3. The summed E-state index contributed by atoms with van der Waals surface area (Å²) in [7, 11) is 0. The second-order valence-electron chi connectivity index (χ2n) is 8.88. The fourth-order valence-electron chi connectivity index (χ4n) is 3.65. The van der Waals surface area contributed by atoms with Crippen molar-refractivity contribution in [3.05, 3.63) is 29.8 Å². The monoisotopic (exact) mass is 503 g/mol. The number of rotatable bonds is 13. The third kappa shape index (κ3) is 8.79. The summed E-state index contributed by atoms with van der Waals surface area (Å²) in [5.74, 6) is -1.83. The van der Waals surface area contributed by atoms with Gasteiger partial charge in [0.1, 0.15) is 18.7 Å². The Labute approximate surface area is 211 Å². The van der Waals surface area contributed by atoms with E-state index < -0.39 is 30.3 Å². The molecule has 11 heteroatoms. The van der Waals surface area contributed by atoms with Crippen LogP contribution in [0.1, 0.15) is 59.8 Å². The van der Waals surface area contributed by atoms with Crippen molar-refractivity contribution in [3.63, 3.8) is 0 Å². The molecule has 3 atom stereocenters. The van der Waals surface area contributed by atoms with Gasteiger partial charge in [0.15, 0.2) is 1.37 Å². The van der Waals surface area contributed by atoms with E-state index in [9.17, 15) is 28.8 Å². The van der Waals surface area contributed by atoms with Crippen molar-refractivity contribution in [2.45, 2.75) is 71.6 Å². The van der Waals surface area contributed by atoms with Crippen molar-refractivity contribution in [1.29, 1.82) is 0 Å². The summed E-state index contributed by atoms with van der Waals surface area (Å²) < 4.78 is 11.3. The average molecular weight is 504 g/mol. The maximum Gasteiger partial charge on any atom is 0.293 e. The molecule has 0 bridgehead atoms.